The summed E-state index contributed by atoms with van der Waals surface area (Å²) in [4.78, 5) is 48.1. The third-order valence-corrected chi connectivity index (χ3v) is 6.27. The van der Waals surface area contributed by atoms with Gasteiger partial charge in [0.1, 0.15) is 22.7 Å². The molecule has 1 aliphatic heterocycles. The van der Waals surface area contributed by atoms with E-state index in [0.717, 1.165) is 19.2 Å². The number of aromatic nitrogens is 5. The molecule has 0 spiro atoms. The monoisotopic (exact) mass is 531 g/mol. The quantitative estimate of drug-likeness (QED) is 0.248. The molecule has 4 heterocycles. The van der Waals surface area contributed by atoms with E-state index in [4.69, 9.17) is 5.11 Å². The summed E-state index contributed by atoms with van der Waals surface area (Å²) in [5, 5.41) is 14.9. The normalized spacial score (nSPS) is 13.8. The molecule has 0 radical (unpaired) electrons. The lowest BCUT2D eigenvalue weighted by atomic mass is 10.2. The Labute approximate surface area is 222 Å². The number of fused-ring (bicyclic) bond motifs is 1. The smallest absolute Gasteiger partial charge is 0.284 e. The van der Waals surface area contributed by atoms with E-state index in [9.17, 15) is 14.0 Å². The Morgan fingerprint density at radius 2 is 1.95 bits per heavy atom. The van der Waals surface area contributed by atoms with Gasteiger partial charge in [-0.3, -0.25) is 19.5 Å². The van der Waals surface area contributed by atoms with Gasteiger partial charge in [0.2, 0.25) is 11.9 Å². The number of anilines is 4. The number of aromatic amines is 1. The molecular weight excluding hydrogens is 505 g/mol. The van der Waals surface area contributed by atoms with Gasteiger partial charge in [-0.15, -0.1) is 0 Å². The molecule has 0 saturated carbocycles. The van der Waals surface area contributed by atoms with Crippen LogP contribution in [0.3, 0.4) is 0 Å². The van der Waals surface area contributed by atoms with Crippen LogP contribution < -0.4 is 21.1 Å². The van der Waals surface area contributed by atoms with Gasteiger partial charge in [0, 0.05) is 56.4 Å². The molecule has 0 unspecified atom stereocenters. The van der Waals surface area contributed by atoms with Crippen molar-refractivity contribution in [1.29, 1.82) is 0 Å². The molecule has 1 aliphatic rings. The van der Waals surface area contributed by atoms with Crippen LogP contribution in [-0.4, -0.2) is 80.2 Å². The van der Waals surface area contributed by atoms with Gasteiger partial charge >= 0.3 is 0 Å². The van der Waals surface area contributed by atoms with E-state index in [1.165, 1.54) is 24.7 Å². The summed E-state index contributed by atoms with van der Waals surface area (Å²) in [7, 11) is 0. The Hall–Kier alpha value is -4.75. The number of amides is 1. The molecule has 4 aromatic rings. The standard InChI is InChI=1S/C26H26FN9O3/c1-2-22(38)30-18-11-16(13-28-14-18)23-32-24-19(25(39)33-23)15-29-26(34-24)31-17-3-4-21(20(27)12-17)36-7-5-35(6-8-36)9-10-37/h2-4,11-15,37H,1,5-10H2,(H,30,38)(H2,29,31,32,33,34,39). The number of aliphatic hydroxyl groups excluding tert-OH is 1. The zero-order valence-electron chi connectivity index (χ0n) is 20.9. The molecule has 12 nitrogen and oxygen atoms in total. The number of rotatable bonds is 8. The molecule has 1 saturated heterocycles. The van der Waals surface area contributed by atoms with Crippen LogP contribution in [0, 0.1) is 5.82 Å². The second kappa shape index (κ2) is 11.3. The summed E-state index contributed by atoms with van der Waals surface area (Å²) in [6.45, 7) is 6.98. The van der Waals surface area contributed by atoms with Crippen molar-refractivity contribution in [2.45, 2.75) is 0 Å². The van der Waals surface area contributed by atoms with Crippen LogP contribution in [0.25, 0.3) is 22.4 Å². The van der Waals surface area contributed by atoms with E-state index in [1.807, 2.05) is 4.90 Å². The molecule has 1 aromatic carbocycles. The van der Waals surface area contributed by atoms with Crippen LogP contribution in [0.2, 0.25) is 0 Å². The van der Waals surface area contributed by atoms with Crippen LogP contribution in [0.5, 0.6) is 0 Å². The molecule has 0 atom stereocenters. The van der Waals surface area contributed by atoms with Crippen LogP contribution in [0.4, 0.5) is 27.4 Å². The molecule has 0 aliphatic carbocycles. The highest BCUT2D eigenvalue weighted by Gasteiger charge is 2.19. The van der Waals surface area contributed by atoms with Crippen molar-refractivity contribution in [3.05, 3.63) is 71.7 Å². The largest absolute Gasteiger partial charge is 0.395 e. The van der Waals surface area contributed by atoms with E-state index in [0.29, 0.717) is 42.3 Å². The molecular formula is C26H26FN9O3. The SMILES string of the molecule is C=CC(=O)Nc1cncc(-c2nc(=O)c3cnc(Nc4ccc(N5CCN(CCO)CC5)c(F)c4)nc3[nH]2)c1. The van der Waals surface area contributed by atoms with Gasteiger partial charge in [0.15, 0.2) is 0 Å². The number of carbonyl (C=O) groups is 1. The maximum Gasteiger partial charge on any atom is 0.284 e. The number of nitrogens with one attached hydrogen (secondary N) is 3. The van der Waals surface area contributed by atoms with Gasteiger partial charge in [0.05, 0.1) is 24.2 Å². The fourth-order valence-electron chi connectivity index (χ4n) is 4.29. The molecule has 1 fully saturated rings. The minimum atomic E-state index is -0.541. The number of hydrogen-bond donors (Lipinski definition) is 4. The highest BCUT2D eigenvalue weighted by molar-refractivity contribution is 5.99. The van der Waals surface area contributed by atoms with E-state index in [1.54, 1.807) is 18.2 Å². The molecule has 4 N–H and O–H groups in total. The van der Waals surface area contributed by atoms with Crippen molar-refractivity contribution in [3.63, 3.8) is 0 Å². The molecule has 200 valence electrons. The summed E-state index contributed by atoms with van der Waals surface area (Å²) < 4.78 is 15.0. The number of hydrogen-bond acceptors (Lipinski definition) is 10. The number of pyridine rings is 1. The first kappa shape index (κ1) is 25.9. The van der Waals surface area contributed by atoms with E-state index >= 15 is 0 Å². The highest BCUT2D eigenvalue weighted by atomic mass is 19.1. The van der Waals surface area contributed by atoms with Crippen molar-refractivity contribution in [1.82, 2.24) is 29.8 Å². The summed E-state index contributed by atoms with van der Waals surface area (Å²) in [5.74, 6) is -0.422. The second-order valence-corrected chi connectivity index (χ2v) is 8.85. The van der Waals surface area contributed by atoms with Gasteiger partial charge in [-0.2, -0.15) is 9.97 Å². The van der Waals surface area contributed by atoms with Gasteiger partial charge in [-0.05, 0) is 30.3 Å². The van der Waals surface area contributed by atoms with Crippen molar-refractivity contribution in [3.8, 4) is 11.4 Å². The van der Waals surface area contributed by atoms with Crippen LogP contribution in [0.1, 0.15) is 0 Å². The van der Waals surface area contributed by atoms with Gasteiger partial charge in [0.25, 0.3) is 5.56 Å². The zero-order valence-corrected chi connectivity index (χ0v) is 20.9. The van der Waals surface area contributed by atoms with Crippen molar-refractivity contribution in [2.24, 2.45) is 0 Å². The Morgan fingerprint density at radius 3 is 2.69 bits per heavy atom. The molecule has 0 bridgehead atoms. The van der Waals surface area contributed by atoms with Crippen LogP contribution in [-0.2, 0) is 4.79 Å². The summed E-state index contributed by atoms with van der Waals surface area (Å²) in [6.07, 6.45) is 5.42. The number of nitrogens with zero attached hydrogens (tertiary/aromatic N) is 6. The number of aliphatic hydroxyl groups is 1. The minimum Gasteiger partial charge on any atom is -0.395 e. The third-order valence-electron chi connectivity index (χ3n) is 6.27. The molecule has 1 amide bonds. The van der Waals surface area contributed by atoms with E-state index in [2.05, 4.69) is 47.0 Å². The van der Waals surface area contributed by atoms with Gasteiger partial charge in [-0.25, -0.2) is 9.37 Å². The number of carbonyl (C=O) groups excluding carboxylic acids is 1. The Bertz CT molecular complexity index is 1580. The van der Waals surface area contributed by atoms with Gasteiger partial charge < -0.3 is 25.6 Å². The maximum atomic E-state index is 15.0. The van der Waals surface area contributed by atoms with Crippen LogP contribution >= 0.6 is 0 Å². The molecule has 5 rings (SSSR count). The summed E-state index contributed by atoms with van der Waals surface area (Å²) >= 11 is 0. The minimum absolute atomic E-state index is 0.109. The summed E-state index contributed by atoms with van der Waals surface area (Å²) in [5.41, 5.74) is 1.49. The number of H-pyrrole nitrogens is 1. The Morgan fingerprint density at radius 1 is 1.13 bits per heavy atom. The fraction of sp³-hybridized carbons (Fsp3) is 0.231. The average molecular weight is 532 g/mol. The topological polar surface area (TPSA) is 152 Å². The van der Waals surface area contributed by atoms with E-state index < -0.39 is 11.5 Å². The number of piperazine rings is 1. The van der Waals surface area contributed by atoms with Crippen LogP contribution in [0.15, 0.2) is 60.3 Å². The summed E-state index contributed by atoms with van der Waals surface area (Å²) in [6, 6.07) is 6.42. The Kier molecular flexibility index (Phi) is 7.52. The zero-order chi connectivity index (χ0) is 27.4. The van der Waals surface area contributed by atoms with Crippen molar-refractivity contribution in [2.75, 3.05) is 54.9 Å². The van der Waals surface area contributed by atoms with Crippen molar-refractivity contribution >= 4 is 40.0 Å². The first-order valence-corrected chi connectivity index (χ1v) is 12.2. The van der Waals surface area contributed by atoms with E-state index in [-0.39, 0.29) is 35.2 Å². The van der Waals surface area contributed by atoms with Crippen molar-refractivity contribution < 1.29 is 14.3 Å². The lowest BCUT2D eigenvalue weighted by molar-refractivity contribution is -0.111. The third kappa shape index (κ3) is 5.89. The first-order valence-electron chi connectivity index (χ1n) is 12.2. The predicted molar refractivity (Wildman–Crippen MR) is 145 cm³/mol. The molecule has 3 aromatic heterocycles. The average Bonchev–Trinajstić information content (AvgIpc) is 2.94. The van der Waals surface area contributed by atoms with Gasteiger partial charge in [-0.1, -0.05) is 6.58 Å². The Balaban J connectivity index is 1.36. The predicted octanol–water partition coefficient (Wildman–Crippen LogP) is 1.90. The number of β-amino-alcohol motifs (C(OH)–C–C–N with tert-alkyl or cyclic N) is 1. The lowest BCUT2D eigenvalue weighted by Crippen LogP contribution is -2.47. The second-order valence-electron chi connectivity index (χ2n) is 8.85. The number of halogens is 1. The number of benzene rings is 1. The molecule has 13 heteroatoms. The highest BCUT2D eigenvalue weighted by Crippen LogP contribution is 2.26. The fourth-order valence-corrected chi connectivity index (χ4v) is 4.29. The first-order chi connectivity index (χ1) is 18.9. The maximum absolute atomic E-state index is 15.0. The lowest BCUT2D eigenvalue weighted by Gasteiger charge is -2.36. The molecule has 39 heavy (non-hydrogen) atoms.